The fourth-order valence-corrected chi connectivity index (χ4v) is 2.65. The summed E-state index contributed by atoms with van der Waals surface area (Å²) in [4.78, 5) is 2.32. The second-order valence-electron chi connectivity index (χ2n) is 6.74. The van der Waals surface area contributed by atoms with Crippen molar-refractivity contribution in [3.05, 3.63) is 28.2 Å². The van der Waals surface area contributed by atoms with E-state index < -0.39 is 0 Å². The molecule has 21 heavy (non-hydrogen) atoms. The van der Waals surface area contributed by atoms with Gasteiger partial charge in [-0.3, -0.25) is 0 Å². The number of hydrogen-bond acceptors (Lipinski definition) is 3. The van der Waals surface area contributed by atoms with Gasteiger partial charge in [0.1, 0.15) is 0 Å². The number of halogens is 1. The Balaban J connectivity index is 2.84. The predicted molar refractivity (Wildman–Crippen MR) is 94.9 cm³/mol. The Labute approximate surface area is 137 Å². The fourth-order valence-electron chi connectivity index (χ4n) is 2.15. The predicted octanol–water partition coefficient (Wildman–Crippen LogP) is 3.93. The van der Waals surface area contributed by atoms with Crippen LogP contribution in [0.25, 0.3) is 0 Å². The summed E-state index contributed by atoms with van der Waals surface area (Å²) in [5.74, 6) is 0. The first-order valence-corrected chi connectivity index (χ1v) is 8.45. The Hall–Kier alpha value is -0.580. The van der Waals surface area contributed by atoms with E-state index in [4.69, 9.17) is 5.11 Å². The third-order valence-electron chi connectivity index (χ3n) is 3.36. The molecule has 0 heterocycles. The monoisotopic (exact) mass is 356 g/mol. The molecule has 0 aliphatic rings. The molecule has 0 fully saturated rings. The lowest BCUT2D eigenvalue weighted by Gasteiger charge is -2.29. The summed E-state index contributed by atoms with van der Waals surface area (Å²) in [7, 11) is 0. The minimum absolute atomic E-state index is 0.114. The molecule has 0 aromatic heterocycles. The maximum atomic E-state index is 9.04. The van der Waals surface area contributed by atoms with Gasteiger partial charge in [0.05, 0.1) is 0 Å². The first-order chi connectivity index (χ1) is 9.74. The van der Waals surface area contributed by atoms with Gasteiger partial charge in [-0.05, 0) is 58.7 Å². The normalized spacial score (nSPS) is 12.0. The number of anilines is 1. The van der Waals surface area contributed by atoms with Gasteiger partial charge in [-0.2, -0.15) is 0 Å². The first-order valence-electron chi connectivity index (χ1n) is 7.65. The molecule has 4 heteroatoms. The van der Waals surface area contributed by atoms with Crippen LogP contribution in [-0.2, 0) is 6.54 Å². The highest BCUT2D eigenvalue weighted by Crippen LogP contribution is 2.26. The molecule has 0 saturated carbocycles. The molecule has 0 atom stereocenters. The lowest BCUT2D eigenvalue weighted by atomic mass is 10.1. The second-order valence-corrected chi connectivity index (χ2v) is 7.60. The molecular formula is C17H29BrN2O. The molecule has 1 aromatic carbocycles. The molecule has 0 aliphatic heterocycles. The lowest BCUT2D eigenvalue weighted by molar-refractivity contribution is 0.288. The molecule has 0 bridgehead atoms. The van der Waals surface area contributed by atoms with Crippen molar-refractivity contribution in [2.75, 3.05) is 18.1 Å². The quantitative estimate of drug-likeness (QED) is 0.776. The van der Waals surface area contributed by atoms with Crippen molar-refractivity contribution in [3.63, 3.8) is 0 Å². The Morgan fingerprint density at radius 3 is 2.43 bits per heavy atom. The molecule has 0 spiro atoms. The summed E-state index contributed by atoms with van der Waals surface area (Å²) in [5, 5.41) is 12.6. The van der Waals surface area contributed by atoms with Gasteiger partial charge in [0, 0.05) is 41.4 Å². The fraction of sp³-hybridized carbons (Fsp3) is 0.647. The van der Waals surface area contributed by atoms with E-state index in [9.17, 15) is 0 Å². The maximum Gasteiger partial charge on any atom is 0.0447 e. The van der Waals surface area contributed by atoms with Gasteiger partial charge < -0.3 is 15.3 Å². The van der Waals surface area contributed by atoms with Crippen molar-refractivity contribution in [1.82, 2.24) is 5.32 Å². The number of aliphatic hydroxyl groups is 1. The number of benzene rings is 1. The van der Waals surface area contributed by atoms with Gasteiger partial charge in [-0.15, -0.1) is 0 Å². The van der Waals surface area contributed by atoms with E-state index in [0.717, 1.165) is 24.0 Å². The smallest absolute Gasteiger partial charge is 0.0447 e. The van der Waals surface area contributed by atoms with Gasteiger partial charge >= 0.3 is 0 Å². The van der Waals surface area contributed by atoms with E-state index >= 15 is 0 Å². The molecule has 120 valence electrons. The van der Waals surface area contributed by atoms with Crippen LogP contribution < -0.4 is 10.2 Å². The van der Waals surface area contributed by atoms with Gasteiger partial charge in [-0.1, -0.05) is 22.0 Å². The molecule has 1 aromatic rings. The number of nitrogens with one attached hydrogen (secondary N) is 1. The molecule has 0 saturated heterocycles. The van der Waals surface area contributed by atoms with Crippen LogP contribution in [0.3, 0.4) is 0 Å². The zero-order valence-electron chi connectivity index (χ0n) is 13.9. The van der Waals surface area contributed by atoms with Gasteiger partial charge in [0.25, 0.3) is 0 Å². The van der Waals surface area contributed by atoms with Crippen molar-refractivity contribution in [2.45, 2.75) is 59.2 Å². The number of nitrogens with zero attached hydrogens (tertiary/aromatic N) is 1. The zero-order chi connectivity index (χ0) is 16.0. The third-order valence-corrected chi connectivity index (χ3v) is 4.10. The van der Waals surface area contributed by atoms with Crippen LogP contribution in [0.4, 0.5) is 5.69 Å². The minimum Gasteiger partial charge on any atom is -0.396 e. The van der Waals surface area contributed by atoms with E-state index in [0.29, 0.717) is 6.04 Å². The largest absolute Gasteiger partial charge is 0.396 e. The van der Waals surface area contributed by atoms with Gasteiger partial charge in [0.15, 0.2) is 0 Å². The summed E-state index contributed by atoms with van der Waals surface area (Å²) in [5.41, 5.74) is 2.58. The molecule has 2 N–H and O–H groups in total. The zero-order valence-corrected chi connectivity index (χ0v) is 15.5. The Bertz CT molecular complexity index is 441. The first kappa shape index (κ1) is 18.5. The van der Waals surface area contributed by atoms with Crippen molar-refractivity contribution < 1.29 is 5.11 Å². The van der Waals surface area contributed by atoms with E-state index in [1.807, 2.05) is 0 Å². The lowest BCUT2D eigenvalue weighted by Crippen LogP contribution is -2.35. The van der Waals surface area contributed by atoms with Crippen molar-refractivity contribution in [2.24, 2.45) is 0 Å². The summed E-state index contributed by atoms with van der Waals surface area (Å²) in [6, 6.07) is 6.94. The Kier molecular flexibility index (Phi) is 7.17. The Morgan fingerprint density at radius 2 is 1.95 bits per heavy atom. The number of hydrogen-bond donors (Lipinski definition) is 2. The van der Waals surface area contributed by atoms with Crippen LogP contribution in [0, 0.1) is 0 Å². The highest BCUT2D eigenvalue weighted by atomic mass is 79.9. The molecular weight excluding hydrogens is 328 g/mol. The van der Waals surface area contributed by atoms with Crippen LogP contribution >= 0.6 is 15.9 Å². The summed E-state index contributed by atoms with van der Waals surface area (Å²) in [6.07, 6.45) is 0.795. The average Bonchev–Trinajstić information content (AvgIpc) is 2.36. The Morgan fingerprint density at radius 1 is 1.29 bits per heavy atom. The van der Waals surface area contributed by atoms with E-state index in [-0.39, 0.29) is 12.1 Å². The summed E-state index contributed by atoms with van der Waals surface area (Å²) in [6.45, 7) is 12.8. The number of rotatable bonds is 7. The van der Waals surface area contributed by atoms with E-state index in [2.05, 4.69) is 79.0 Å². The van der Waals surface area contributed by atoms with Crippen LogP contribution in [0.15, 0.2) is 22.7 Å². The van der Waals surface area contributed by atoms with Crippen molar-refractivity contribution >= 4 is 21.6 Å². The molecule has 0 aliphatic carbocycles. The van der Waals surface area contributed by atoms with E-state index in [1.165, 1.54) is 11.3 Å². The van der Waals surface area contributed by atoms with Crippen LogP contribution in [0.2, 0.25) is 0 Å². The van der Waals surface area contributed by atoms with Crippen LogP contribution in [0.5, 0.6) is 0 Å². The average molecular weight is 357 g/mol. The van der Waals surface area contributed by atoms with Crippen molar-refractivity contribution in [1.29, 1.82) is 0 Å². The molecule has 0 amide bonds. The molecule has 1 rings (SSSR count). The van der Waals surface area contributed by atoms with Crippen LogP contribution in [0.1, 0.15) is 46.6 Å². The summed E-state index contributed by atoms with van der Waals surface area (Å²) < 4.78 is 1.13. The SMILES string of the molecule is CC(C)N(CCCO)c1ccc(CNC(C)(C)C)c(Br)c1. The molecule has 3 nitrogen and oxygen atoms in total. The highest BCUT2D eigenvalue weighted by Gasteiger charge is 2.13. The maximum absolute atomic E-state index is 9.04. The molecule has 0 unspecified atom stereocenters. The standard InChI is InChI=1S/C17H29BrN2O/c1-13(2)20(9-6-10-21)15-8-7-14(16(18)11-15)12-19-17(3,4)5/h7-8,11,13,19,21H,6,9-10,12H2,1-5H3. The van der Waals surface area contributed by atoms with Gasteiger partial charge in [-0.25, -0.2) is 0 Å². The topological polar surface area (TPSA) is 35.5 Å². The molecule has 0 radical (unpaired) electrons. The van der Waals surface area contributed by atoms with Gasteiger partial charge in [0.2, 0.25) is 0 Å². The summed E-state index contributed by atoms with van der Waals surface area (Å²) >= 11 is 3.68. The minimum atomic E-state index is 0.114. The second kappa shape index (κ2) is 8.16. The third kappa shape index (κ3) is 6.37. The van der Waals surface area contributed by atoms with Crippen LogP contribution in [-0.4, -0.2) is 29.8 Å². The van der Waals surface area contributed by atoms with Crippen molar-refractivity contribution in [3.8, 4) is 0 Å². The highest BCUT2D eigenvalue weighted by molar-refractivity contribution is 9.10. The number of aliphatic hydroxyl groups excluding tert-OH is 1. The van der Waals surface area contributed by atoms with E-state index in [1.54, 1.807) is 0 Å².